The molecule has 1 saturated heterocycles. The molecule has 2 aliphatic rings. The summed E-state index contributed by atoms with van der Waals surface area (Å²) in [5.74, 6) is -1.37. The number of carbonyl (C=O) groups is 4. The Balaban J connectivity index is 1.35. The van der Waals surface area contributed by atoms with Gasteiger partial charge in [-0.15, -0.1) is 0 Å². The van der Waals surface area contributed by atoms with Crippen molar-refractivity contribution in [1.82, 2.24) is 25.2 Å². The van der Waals surface area contributed by atoms with E-state index in [1.165, 1.54) is 24.5 Å². The third-order valence-corrected chi connectivity index (χ3v) is 6.05. The highest BCUT2D eigenvalue weighted by atomic mass is 16.5. The third kappa shape index (κ3) is 4.20. The van der Waals surface area contributed by atoms with Gasteiger partial charge in [0.25, 0.3) is 17.7 Å². The number of rotatable bonds is 5. The highest BCUT2D eigenvalue weighted by molar-refractivity contribution is 6.11. The first kappa shape index (κ1) is 23.2. The van der Waals surface area contributed by atoms with Crippen LogP contribution in [0.3, 0.4) is 0 Å². The fourth-order valence-electron chi connectivity index (χ4n) is 4.33. The Bertz CT molecular complexity index is 1390. The summed E-state index contributed by atoms with van der Waals surface area (Å²) >= 11 is 0. The van der Waals surface area contributed by atoms with Crippen molar-refractivity contribution in [3.63, 3.8) is 0 Å². The summed E-state index contributed by atoms with van der Waals surface area (Å²) in [5, 5.41) is 15.5. The van der Waals surface area contributed by atoms with Gasteiger partial charge in [0.15, 0.2) is 12.3 Å². The molecule has 2 atom stereocenters. The first-order valence-corrected chi connectivity index (χ1v) is 11.1. The Morgan fingerprint density at radius 1 is 1.31 bits per heavy atom. The zero-order valence-electron chi connectivity index (χ0n) is 19.1. The van der Waals surface area contributed by atoms with Crippen LogP contribution >= 0.6 is 0 Å². The van der Waals surface area contributed by atoms with Gasteiger partial charge in [0.2, 0.25) is 0 Å². The van der Waals surface area contributed by atoms with Crippen molar-refractivity contribution in [2.75, 3.05) is 25.6 Å². The Kier molecular flexibility index (Phi) is 5.98. The van der Waals surface area contributed by atoms with Crippen LogP contribution in [0.4, 0.5) is 5.69 Å². The molecule has 2 aromatic heterocycles. The lowest BCUT2D eigenvalue weighted by Gasteiger charge is -2.21. The van der Waals surface area contributed by atoms with Crippen LogP contribution in [-0.4, -0.2) is 81.1 Å². The summed E-state index contributed by atoms with van der Waals surface area (Å²) in [6, 6.07) is 4.26. The molecule has 1 fully saturated rings. The summed E-state index contributed by atoms with van der Waals surface area (Å²) in [4.78, 5) is 62.1. The van der Waals surface area contributed by atoms with Gasteiger partial charge in [-0.1, -0.05) is 6.07 Å². The van der Waals surface area contributed by atoms with E-state index in [0.29, 0.717) is 11.4 Å². The van der Waals surface area contributed by atoms with E-state index in [2.05, 4.69) is 25.6 Å². The van der Waals surface area contributed by atoms with Gasteiger partial charge in [-0.2, -0.15) is 0 Å². The maximum absolute atomic E-state index is 13.2. The number of aliphatic hydroxyl groups excluding tert-OH is 1. The number of anilines is 1. The molecule has 0 radical (unpaired) electrons. The molecule has 0 aliphatic carbocycles. The zero-order valence-corrected chi connectivity index (χ0v) is 19.1. The lowest BCUT2D eigenvalue weighted by molar-refractivity contribution is -0.145. The van der Waals surface area contributed by atoms with Gasteiger partial charge >= 0.3 is 5.97 Å². The van der Waals surface area contributed by atoms with Gasteiger partial charge in [0.1, 0.15) is 23.6 Å². The zero-order chi connectivity index (χ0) is 25.4. The van der Waals surface area contributed by atoms with Crippen LogP contribution in [0.2, 0.25) is 0 Å². The number of esters is 1. The highest BCUT2D eigenvalue weighted by Gasteiger charge is 2.40. The van der Waals surface area contributed by atoms with E-state index >= 15 is 0 Å². The van der Waals surface area contributed by atoms with Gasteiger partial charge in [-0.3, -0.25) is 14.4 Å². The molecule has 0 unspecified atom stereocenters. The third-order valence-electron chi connectivity index (χ3n) is 6.05. The smallest absolute Gasteiger partial charge is 0.328 e. The number of methoxy groups -OCH3 is 1. The molecule has 5 rings (SSSR count). The normalized spacial score (nSPS) is 18.8. The second-order valence-electron chi connectivity index (χ2n) is 8.38. The summed E-state index contributed by atoms with van der Waals surface area (Å²) in [7, 11) is 1.22. The van der Waals surface area contributed by atoms with E-state index in [9.17, 15) is 24.3 Å². The first-order chi connectivity index (χ1) is 17.4. The number of fused-ring (bicyclic) bond motifs is 2. The molecule has 3 amide bonds. The number of nitrogens with one attached hydrogen (secondary N) is 3. The second-order valence-corrected chi connectivity index (χ2v) is 8.38. The molecule has 4 heterocycles. The summed E-state index contributed by atoms with van der Waals surface area (Å²) < 4.78 is 10.1. The van der Waals surface area contributed by atoms with Crippen molar-refractivity contribution < 1.29 is 33.8 Å². The molecule has 0 saturated carbocycles. The van der Waals surface area contributed by atoms with Crippen LogP contribution in [-0.2, 0) is 20.9 Å². The molecule has 13 heteroatoms. The lowest BCUT2D eigenvalue weighted by atomic mass is 10.1. The largest absolute Gasteiger partial charge is 0.482 e. The minimum Gasteiger partial charge on any atom is -0.482 e. The van der Waals surface area contributed by atoms with Crippen LogP contribution in [0.1, 0.15) is 32.8 Å². The topological polar surface area (TPSA) is 176 Å². The van der Waals surface area contributed by atoms with Crippen LogP contribution in [0.15, 0.2) is 30.7 Å². The number of carbonyl (C=O) groups excluding carboxylic acids is 4. The van der Waals surface area contributed by atoms with Gasteiger partial charge in [0.05, 0.1) is 30.0 Å². The van der Waals surface area contributed by atoms with Gasteiger partial charge < -0.3 is 35.1 Å². The molecular formula is C23H22N6O7. The minimum atomic E-state index is -0.918. The molecule has 3 aromatic rings. The number of β-amino-alcohol motifs (C(OH)–C–C–N with tert-alkyl or cyclic N) is 1. The predicted molar refractivity (Wildman–Crippen MR) is 123 cm³/mol. The lowest BCUT2D eigenvalue weighted by Crippen LogP contribution is -2.41. The number of benzene rings is 1. The molecule has 36 heavy (non-hydrogen) atoms. The van der Waals surface area contributed by atoms with Crippen molar-refractivity contribution in [3.8, 4) is 5.75 Å². The number of amides is 3. The Morgan fingerprint density at radius 3 is 2.94 bits per heavy atom. The van der Waals surface area contributed by atoms with Crippen molar-refractivity contribution in [1.29, 1.82) is 0 Å². The van der Waals surface area contributed by atoms with E-state index < -0.39 is 29.9 Å². The standard InChI is InChI=1S/C23H22N6O7/c1-35-23(34)15-5-12(30)8-29(15)22(33)13-7-24-19-18(13)26-10-27-20(19)21(32)25-6-11-2-3-16-14(4-11)28-17(31)9-36-16/h2-4,7,10,12,15,24,30H,5-6,8-9H2,1H3,(H,25,32)(H,28,31)/t12-,15+/m1/s1. The number of H-pyrrole nitrogens is 1. The second kappa shape index (κ2) is 9.26. The van der Waals surface area contributed by atoms with Crippen molar-refractivity contribution in [2.45, 2.75) is 25.1 Å². The van der Waals surface area contributed by atoms with Gasteiger partial charge in [0, 0.05) is 25.7 Å². The van der Waals surface area contributed by atoms with Gasteiger partial charge in [-0.05, 0) is 17.7 Å². The molecule has 2 aliphatic heterocycles. The summed E-state index contributed by atoms with van der Waals surface area (Å²) in [6.45, 7) is 0.0670. The fourth-order valence-corrected chi connectivity index (χ4v) is 4.33. The number of hydrogen-bond donors (Lipinski definition) is 4. The van der Waals surface area contributed by atoms with Crippen molar-refractivity contribution in [3.05, 3.63) is 47.5 Å². The van der Waals surface area contributed by atoms with E-state index in [1.807, 2.05) is 0 Å². The molecule has 13 nitrogen and oxygen atoms in total. The number of aromatic amines is 1. The van der Waals surface area contributed by atoms with Crippen LogP contribution in [0.25, 0.3) is 11.0 Å². The van der Waals surface area contributed by atoms with Crippen molar-refractivity contribution in [2.24, 2.45) is 0 Å². The number of aliphatic hydroxyl groups is 1. The maximum Gasteiger partial charge on any atom is 0.328 e. The average molecular weight is 494 g/mol. The van der Waals surface area contributed by atoms with Crippen LogP contribution in [0.5, 0.6) is 5.75 Å². The number of hydrogen-bond acceptors (Lipinski definition) is 9. The highest BCUT2D eigenvalue weighted by Crippen LogP contribution is 2.29. The van der Waals surface area contributed by atoms with Gasteiger partial charge in [-0.25, -0.2) is 14.8 Å². The number of aromatic nitrogens is 3. The monoisotopic (exact) mass is 494 g/mol. The van der Waals surface area contributed by atoms with E-state index in [0.717, 1.165) is 5.56 Å². The average Bonchev–Trinajstić information content (AvgIpc) is 3.49. The Morgan fingerprint density at radius 2 is 2.14 bits per heavy atom. The fraction of sp³-hybridized carbons (Fsp3) is 0.304. The molecule has 0 bridgehead atoms. The number of likely N-dealkylation sites (tertiary alicyclic amines) is 1. The van der Waals surface area contributed by atoms with E-state index in [-0.39, 0.29) is 54.3 Å². The first-order valence-electron chi connectivity index (χ1n) is 11.1. The maximum atomic E-state index is 13.2. The van der Waals surface area contributed by atoms with E-state index in [4.69, 9.17) is 9.47 Å². The molecular weight excluding hydrogens is 472 g/mol. The Hall–Kier alpha value is -4.52. The molecule has 186 valence electrons. The quantitative estimate of drug-likeness (QED) is 0.355. The molecule has 4 N–H and O–H groups in total. The SMILES string of the molecule is COC(=O)[C@@H]1C[C@@H](O)CN1C(=O)c1c[nH]c2c(C(=O)NCc3ccc4c(c3)NC(=O)CO4)ncnc12. The summed E-state index contributed by atoms with van der Waals surface area (Å²) in [6.07, 6.45) is 1.78. The molecule has 0 spiro atoms. The number of ether oxygens (including phenoxy) is 2. The van der Waals surface area contributed by atoms with E-state index in [1.54, 1.807) is 18.2 Å². The minimum absolute atomic E-state index is 0.0274. The van der Waals surface area contributed by atoms with Crippen LogP contribution in [0, 0.1) is 0 Å². The predicted octanol–water partition coefficient (Wildman–Crippen LogP) is -0.0328. The van der Waals surface area contributed by atoms with Crippen molar-refractivity contribution >= 4 is 40.4 Å². The molecule has 1 aromatic carbocycles. The Labute approximate surface area is 203 Å². The van der Waals surface area contributed by atoms with Crippen LogP contribution < -0.4 is 15.4 Å². The number of nitrogens with zero attached hydrogens (tertiary/aromatic N) is 3. The summed E-state index contributed by atoms with van der Waals surface area (Å²) in [5.41, 5.74) is 1.86.